The van der Waals surface area contributed by atoms with E-state index in [1.54, 1.807) is 0 Å². The zero-order valence-corrected chi connectivity index (χ0v) is 49.1. The predicted octanol–water partition coefficient (Wildman–Crippen LogP) is 21.9. The highest BCUT2D eigenvalue weighted by Gasteiger charge is 2.25. The number of hydrogen-bond acceptors (Lipinski definition) is 3. The van der Waals surface area contributed by atoms with E-state index >= 15 is 0 Å². The standard InChI is InChI=1S/C84H51N7/c1-86-64-25-17-24-60(47-64)62-39-45-82-74(49-62)73-48-61(59-23-16-18-54(46-59)53-85)38-44-81(73)91(82)83-71(55-34-40-65(41-35-55)89-77-30-12-8-26-67(77)68-27-9-13-31-78(68)89)50-63(76-52-75(57-19-4-2-5-20-57)87-84(88-76)58-21-6-3-7-22-58)51-72(83)56-36-42-66(43-37-56)90-79-32-14-10-28-69(79)70-29-11-15-33-80(70)90/h2-52H. The summed E-state index contributed by atoms with van der Waals surface area (Å²) in [5.41, 5.74) is 23.2. The molecule has 0 aliphatic carbocycles. The minimum Gasteiger partial charge on any atom is -0.309 e. The molecule has 7 heteroatoms. The zero-order chi connectivity index (χ0) is 60.5. The SMILES string of the molecule is [C-]#[N+]c1cccc(-c2ccc3c(c2)c2cc(-c4cccc(C#N)c4)ccc2n3-c2c(-c3ccc(-n4c5ccccc5c5ccccc54)cc3)cc(-c3cc(-c4ccccc4)nc(-c4ccccc4)n3)cc2-c2ccc(-n3c4ccccc4c4ccccc43)cc2)c1. The van der Waals surface area contributed by atoms with Crippen LogP contribution in [0.5, 0.6) is 0 Å². The molecule has 0 N–H and O–H groups in total. The normalized spacial score (nSPS) is 11.5. The minimum atomic E-state index is 0.581. The molecule has 422 valence electrons. The third-order valence-corrected chi connectivity index (χ3v) is 17.9. The number of hydrogen-bond donors (Lipinski definition) is 0. The number of aromatic nitrogens is 5. The fourth-order valence-electron chi connectivity index (χ4n) is 13.7. The maximum Gasteiger partial charge on any atom is 0.187 e. The van der Waals surface area contributed by atoms with Crippen molar-refractivity contribution in [1.82, 2.24) is 23.7 Å². The van der Waals surface area contributed by atoms with Crippen LogP contribution < -0.4 is 0 Å². The summed E-state index contributed by atoms with van der Waals surface area (Å²) < 4.78 is 7.20. The van der Waals surface area contributed by atoms with Gasteiger partial charge in [-0.05, 0) is 143 Å². The van der Waals surface area contributed by atoms with Gasteiger partial charge in [0.1, 0.15) is 0 Å². The Morgan fingerprint density at radius 1 is 0.297 bits per heavy atom. The number of fused-ring (bicyclic) bond motifs is 9. The van der Waals surface area contributed by atoms with Crippen molar-refractivity contribution in [2.45, 2.75) is 0 Å². The van der Waals surface area contributed by atoms with Crippen molar-refractivity contribution in [3.63, 3.8) is 0 Å². The predicted molar refractivity (Wildman–Crippen MR) is 374 cm³/mol. The van der Waals surface area contributed by atoms with Gasteiger partial charge in [0.15, 0.2) is 11.5 Å². The molecule has 17 aromatic rings. The van der Waals surface area contributed by atoms with Crippen molar-refractivity contribution in [1.29, 1.82) is 5.26 Å². The first-order valence-corrected chi connectivity index (χ1v) is 30.5. The number of para-hydroxylation sites is 4. The second-order valence-corrected chi connectivity index (χ2v) is 23.1. The van der Waals surface area contributed by atoms with Gasteiger partial charge in [-0.2, -0.15) is 5.26 Å². The van der Waals surface area contributed by atoms with Crippen molar-refractivity contribution in [2.75, 3.05) is 0 Å². The van der Waals surface area contributed by atoms with E-state index in [9.17, 15) is 5.26 Å². The van der Waals surface area contributed by atoms with Crippen molar-refractivity contribution < 1.29 is 0 Å². The second kappa shape index (κ2) is 21.6. The van der Waals surface area contributed by atoms with E-state index in [1.165, 1.54) is 21.5 Å². The zero-order valence-electron chi connectivity index (χ0n) is 49.1. The highest BCUT2D eigenvalue weighted by molar-refractivity contribution is 6.14. The average Bonchev–Trinajstić information content (AvgIpc) is 1.64. The monoisotopic (exact) mass is 1160 g/mol. The summed E-state index contributed by atoms with van der Waals surface area (Å²) in [6.45, 7) is 7.94. The first-order chi connectivity index (χ1) is 45.0. The van der Waals surface area contributed by atoms with E-state index in [-0.39, 0.29) is 0 Å². The molecule has 0 aliphatic heterocycles. The van der Waals surface area contributed by atoms with Crippen LogP contribution in [0.1, 0.15) is 5.56 Å². The summed E-state index contributed by atoms with van der Waals surface area (Å²) in [7, 11) is 0. The van der Waals surface area contributed by atoms with Gasteiger partial charge in [-0.25, -0.2) is 14.8 Å². The van der Waals surface area contributed by atoms with Crippen LogP contribution >= 0.6 is 0 Å². The Morgan fingerprint density at radius 3 is 1.18 bits per heavy atom. The molecule has 0 fully saturated rings. The average molecular weight is 1160 g/mol. The molecule has 91 heavy (non-hydrogen) atoms. The van der Waals surface area contributed by atoms with E-state index in [4.69, 9.17) is 16.5 Å². The van der Waals surface area contributed by atoms with Crippen molar-refractivity contribution in [3.8, 4) is 102 Å². The largest absolute Gasteiger partial charge is 0.309 e. The van der Waals surface area contributed by atoms with Crippen molar-refractivity contribution >= 4 is 71.1 Å². The fourth-order valence-corrected chi connectivity index (χ4v) is 13.7. The number of rotatable bonds is 10. The molecule has 0 saturated heterocycles. The van der Waals surface area contributed by atoms with Gasteiger partial charge < -0.3 is 13.7 Å². The summed E-state index contributed by atoms with van der Waals surface area (Å²) in [6, 6.07) is 112. The van der Waals surface area contributed by atoms with E-state index in [2.05, 4.69) is 273 Å². The molecule has 0 radical (unpaired) electrons. The van der Waals surface area contributed by atoms with Gasteiger partial charge in [-0.3, -0.25) is 0 Å². The number of benzene rings is 13. The highest BCUT2D eigenvalue weighted by Crippen LogP contribution is 2.47. The maximum absolute atomic E-state index is 10.1. The van der Waals surface area contributed by atoms with Crippen molar-refractivity contribution in [3.05, 3.63) is 326 Å². The Balaban J connectivity index is 0.978. The smallest absolute Gasteiger partial charge is 0.187 e. The van der Waals surface area contributed by atoms with Gasteiger partial charge in [0.05, 0.1) is 68.4 Å². The van der Waals surface area contributed by atoms with Gasteiger partial charge in [0, 0.05) is 71.5 Å². The number of nitrogens with zero attached hydrogens (tertiary/aromatic N) is 7. The van der Waals surface area contributed by atoms with Gasteiger partial charge in [0.2, 0.25) is 0 Å². The van der Waals surface area contributed by atoms with Gasteiger partial charge in [0.25, 0.3) is 0 Å². The molecule has 13 aromatic carbocycles. The molecule has 0 atom stereocenters. The van der Waals surface area contributed by atoms with Crippen molar-refractivity contribution in [2.24, 2.45) is 0 Å². The van der Waals surface area contributed by atoms with Crippen LogP contribution in [0.2, 0.25) is 0 Å². The molecular formula is C84H51N7. The van der Waals surface area contributed by atoms with Crippen LogP contribution in [0.15, 0.2) is 309 Å². The Hall–Kier alpha value is -12.7. The Morgan fingerprint density at radius 2 is 0.692 bits per heavy atom. The summed E-state index contributed by atoms with van der Waals surface area (Å²) in [5, 5.41) is 17.0. The molecule has 0 amide bonds. The van der Waals surface area contributed by atoms with Crippen LogP contribution in [0, 0.1) is 17.9 Å². The molecule has 7 nitrogen and oxygen atoms in total. The van der Waals surface area contributed by atoms with Gasteiger partial charge in [-0.15, -0.1) is 0 Å². The maximum atomic E-state index is 10.1. The summed E-state index contributed by atoms with van der Waals surface area (Å²) in [5.74, 6) is 0.631. The molecule has 4 aromatic heterocycles. The first-order valence-electron chi connectivity index (χ1n) is 30.5. The lowest BCUT2D eigenvalue weighted by Crippen LogP contribution is -2.03. The molecular weight excluding hydrogens is 1110 g/mol. The molecule has 0 saturated carbocycles. The molecule has 17 rings (SSSR count). The third kappa shape index (κ3) is 8.96. The Bertz CT molecular complexity index is 5380. The van der Waals surface area contributed by atoms with Gasteiger partial charge >= 0.3 is 0 Å². The topological polar surface area (TPSA) is 68.7 Å². The quantitative estimate of drug-likeness (QED) is 0.128. The third-order valence-electron chi connectivity index (χ3n) is 17.9. The van der Waals surface area contributed by atoms with E-state index in [0.717, 1.165) is 134 Å². The Kier molecular flexibility index (Phi) is 12.5. The molecule has 0 spiro atoms. The summed E-state index contributed by atoms with van der Waals surface area (Å²) in [6.07, 6.45) is 0. The molecule has 4 heterocycles. The van der Waals surface area contributed by atoms with Gasteiger partial charge in [-0.1, -0.05) is 200 Å². The van der Waals surface area contributed by atoms with Crippen LogP contribution in [0.25, 0.3) is 166 Å². The molecule has 0 bridgehead atoms. The lowest BCUT2D eigenvalue weighted by atomic mass is 9.91. The van der Waals surface area contributed by atoms with E-state index in [1.807, 2.05) is 60.7 Å². The fraction of sp³-hybridized carbons (Fsp3) is 0. The number of nitriles is 1. The lowest BCUT2D eigenvalue weighted by Gasteiger charge is -2.22. The van der Waals surface area contributed by atoms with Crippen LogP contribution in [0.4, 0.5) is 5.69 Å². The summed E-state index contributed by atoms with van der Waals surface area (Å²) in [4.78, 5) is 14.6. The van der Waals surface area contributed by atoms with Crippen LogP contribution in [-0.2, 0) is 0 Å². The lowest BCUT2D eigenvalue weighted by molar-refractivity contribution is 1.16. The van der Waals surface area contributed by atoms with Crippen LogP contribution in [-0.4, -0.2) is 23.7 Å². The minimum absolute atomic E-state index is 0.581. The molecule has 0 unspecified atom stereocenters. The van der Waals surface area contributed by atoms with E-state index in [0.29, 0.717) is 17.1 Å². The first kappa shape index (κ1) is 52.6. The van der Waals surface area contributed by atoms with Crippen LogP contribution in [0.3, 0.4) is 0 Å². The highest BCUT2D eigenvalue weighted by atomic mass is 15.0. The molecule has 0 aliphatic rings. The van der Waals surface area contributed by atoms with E-state index < -0.39 is 0 Å². The second-order valence-electron chi connectivity index (χ2n) is 23.1. The summed E-state index contributed by atoms with van der Waals surface area (Å²) >= 11 is 0. The Labute approximate surface area is 525 Å².